The second-order valence-corrected chi connectivity index (χ2v) is 8.85. The molecule has 0 aromatic heterocycles. The van der Waals surface area contributed by atoms with Crippen LogP contribution in [-0.4, -0.2) is 49.6 Å². The molecule has 0 unspecified atom stereocenters. The lowest BCUT2D eigenvalue weighted by molar-refractivity contribution is -0.139. The molecule has 138 valence electrons. The maximum atomic E-state index is 13.9. The predicted molar refractivity (Wildman–Crippen MR) is 90.5 cm³/mol. The first-order valence-electron chi connectivity index (χ1n) is 8.18. The van der Waals surface area contributed by atoms with Crippen LogP contribution in [0.1, 0.15) is 25.7 Å². The molecule has 2 aliphatic carbocycles. The van der Waals surface area contributed by atoms with Crippen LogP contribution >= 0.6 is 11.6 Å². The largest absolute Gasteiger partial charge is 0.480 e. The molecule has 9 heteroatoms. The van der Waals surface area contributed by atoms with Crippen molar-refractivity contribution in [3.8, 4) is 0 Å². The first kappa shape index (κ1) is 18.6. The zero-order valence-electron chi connectivity index (χ0n) is 13.5. The summed E-state index contributed by atoms with van der Waals surface area (Å²) in [6.07, 6.45) is 3.27. The van der Waals surface area contributed by atoms with E-state index in [0.29, 0.717) is 18.8 Å². The molecule has 0 aliphatic heterocycles. The summed E-state index contributed by atoms with van der Waals surface area (Å²) in [4.78, 5) is 12.5. The lowest BCUT2D eigenvalue weighted by Gasteiger charge is -2.42. The van der Waals surface area contributed by atoms with Crippen LogP contribution in [0.25, 0.3) is 0 Å². The van der Waals surface area contributed by atoms with Crippen LogP contribution in [0.3, 0.4) is 0 Å². The minimum Gasteiger partial charge on any atom is -0.480 e. The van der Waals surface area contributed by atoms with Crippen LogP contribution in [0.2, 0.25) is 5.02 Å². The van der Waals surface area contributed by atoms with Gasteiger partial charge in [0.25, 0.3) is 0 Å². The van der Waals surface area contributed by atoms with Gasteiger partial charge in [-0.25, -0.2) is 17.5 Å². The summed E-state index contributed by atoms with van der Waals surface area (Å²) in [5, 5.41) is 8.79. The number of carboxylic acids is 1. The summed E-state index contributed by atoms with van der Waals surface area (Å²) in [5.41, 5.74) is 0. The quantitative estimate of drug-likeness (QED) is 0.709. The molecule has 2 saturated carbocycles. The monoisotopic (exact) mass is 390 g/mol. The van der Waals surface area contributed by atoms with E-state index < -0.39 is 26.7 Å². The Morgan fingerprint density at radius 3 is 2.64 bits per heavy atom. The van der Waals surface area contributed by atoms with Crippen molar-refractivity contribution in [2.24, 2.45) is 5.92 Å². The van der Waals surface area contributed by atoms with Crippen molar-refractivity contribution < 1.29 is 22.7 Å². The highest BCUT2D eigenvalue weighted by molar-refractivity contribution is 7.89. The first-order valence-corrected chi connectivity index (χ1v) is 10.0. The molecule has 2 aliphatic rings. The van der Waals surface area contributed by atoms with E-state index in [1.54, 1.807) is 0 Å². The number of sulfonamides is 1. The molecule has 0 bridgehead atoms. The Labute approximate surface area is 151 Å². The Morgan fingerprint density at radius 2 is 2.04 bits per heavy atom. The van der Waals surface area contributed by atoms with Gasteiger partial charge in [0.2, 0.25) is 10.0 Å². The molecule has 3 rings (SSSR count). The van der Waals surface area contributed by atoms with Gasteiger partial charge in [-0.3, -0.25) is 9.69 Å². The Bertz CT molecular complexity index is 763. The van der Waals surface area contributed by atoms with Crippen molar-refractivity contribution in [1.29, 1.82) is 0 Å². The van der Waals surface area contributed by atoms with Gasteiger partial charge in [-0.15, -0.1) is 0 Å². The number of halogens is 2. The number of benzene rings is 1. The Morgan fingerprint density at radius 1 is 1.36 bits per heavy atom. The number of carbonyl (C=O) groups is 1. The van der Waals surface area contributed by atoms with Crippen LogP contribution in [-0.2, 0) is 14.8 Å². The molecule has 6 nitrogen and oxygen atoms in total. The molecule has 2 N–H and O–H groups in total. The second kappa shape index (κ2) is 7.19. The number of nitrogens with zero attached hydrogens (tertiary/aromatic N) is 1. The van der Waals surface area contributed by atoms with Gasteiger partial charge in [0.05, 0.1) is 11.6 Å². The minimum absolute atomic E-state index is 0.0357. The molecule has 1 aromatic rings. The van der Waals surface area contributed by atoms with E-state index in [1.165, 1.54) is 18.2 Å². The van der Waals surface area contributed by atoms with Crippen molar-refractivity contribution >= 4 is 27.6 Å². The van der Waals surface area contributed by atoms with Crippen LogP contribution in [0.4, 0.5) is 4.39 Å². The maximum absolute atomic E-state index is 13.9. The van der Waals surface area contributed by atoms with Crippen molar-refractivity contribution in [1.82, 2.24) is 9.62 Å². The van der Waals surface area contributed by atoms with Gasteiger partial charge in [-0.2, -0.15) is 0 Å². The van der Waals surface area contributed by atoms with Crippen molar-refractivity contribution in [2.45, 2.75) is 42.7 Å². The Hall–Kier alpha value is -1.22. The number of carboxylic acid groups (broad SMARTS) is 1. The van der Waals surface area contributed by atoms with Crippen LogP contribution < -0.4 is 4.72 Å². The predicted octanol–water partition coefficient (Wildman–Crippen LogP) is 2.09. The lowest BCUT2D eigenvalue weighted by Crippen LogP contribution is -2.55. The first-order chi connectivity index (χ1) is 11.8. The summed E-state index contributed by atoms with van der Waals surface area (Å²) in [5.74, 6) is -1.30. The summed E-state index contributed by atoms with van der Waals surface area (Å²) in [6, 6.07) is 3.55. The molecule has 0 atom stereocenters. The Kier molecular flexibility index (Phi) is 5.34. The third kappa shape index (κ3) is 4.49. The zero-order valence-corrected chi connectivity index (χ0v) is 15.1. The van der Waals surface area contributed by atoms with Gasteiger partial charge >= 0.3 is 5.97 Å². The molecule has 0 heterocycles. The van der Waals surface area contributed by atoms with E-state index in [9.17, 15) is 17.6 Å². The van der Waals surface area contributed by atoms with E-state index in [2.05, 4.69) is 4.72 Å². The number of nitrogens with one attached hydrogen (secondary N) is 1. The number of hydrogen-bond acceptors (Lipinski definition) is 4. The van der Waals surface area contributed by atoms with Gasteiger partial charge < -0.3 is 5.11 Å². The Balaban J connectivity index is 1.60. The smallest absolute Gasteiger partial charge is 0.317 e. The van der Waals surface area contributed by atoms with E-state index in [4.69, 9.17) is 16.7 Å². The van der Waals surface area contributed by atoms with Gasteiger partial charge in [-0.05, 0) is 43.7 Å². The van der Waals surface area contributed by atoms with Crippen LogP contribution in [0, 0.1) is 11.7 Å². The zero-order chi connectivity index (χ0) is 18.2. The minimum atomic E-state index is -4.00. The van der Waals surface area contributed by atoms with Gasteiger partial charge in [0.1, 0.15) is 4.90 Å². The maximum Gasteiger partial charge on any atom is 0.317 e. The fraction of sp³-hybridized carbons (Fsp3) is 0.562. The summed E-state index contributed by atoms with van der Waals surface area (Å²) in [7, 11) is -4.00. The van der Waals surface area contributed by atoms with Gasteiger partial charge in [-0.1, -0.05) is 17.7 Å². The molecular formula is C16H20ClFN2O4S. The molecule has 0 radical (unpaired) electrons. The van der Waals surface area contributed by atoms with Crippen LogP contribution in [0.15, 0.2) is 23.1 Å². The van der Waals surface area contributed by atoms with Crippen LogP contribution in [0.5, 0.6) is 0 Å². The van der Waals surface area contributed by atoms with Gasteiger partial charge in [0, 0.05) is 18.6 Å². The van der Waals surface area contributed by atoms with Crippen molar-refractivity contribution in [3.05, 3.63) is 29.0 Å². The topological polar surface area (TPSA) is 86.7 Å². The number of hydrogen-bond donors (Lipinski definition) is 2. The highest BCUT2D eigenvalue weighted by Gasteiger charge is 2.39. The molecular weight excluding hydrogens is 371 g/mol. The standard InChI is InChI=1S/C16H20ClFN2O4S/c17-13-2-1-3-14(16(13)18)25(23,24)19-11-6-12(7-11)20(9-15(21)22)8-10-4-5-10/h1-3,10-12,19H,4-9H2,(H,21,22). The van der Waals surface area contributed by atoms with Gasteiger partial charge in [0.15, 0.2) is 5.82 Å². The van der Waals surface area contributed by atoms with Crippen molar-refractivity contribution in [3.63, 3.8) is 0 Å². The highest BCUT2D eigenvalue weighted by Crippen LogP contribution is 2.34. The second-order valence-electron chi connectivity index (χ2n) is 6.76. The SMILES string of the molecule is O=C(O)CN(CC1CC1)C1CC(NS(=O)(=O)c2cccc(Cl)c2F)C1. The normalized spacial score (nSPS) is 23.5. The fourth-order valence-corrected chi connectivity index (χ4v) is 4.70. The highest BCUT2D eigenvalue weighted by atomic mass is 35.5. The summed E-state index contributed by atoms with van der Waals surface area (Å²) >= 11 is 5.64. The summed E-state index contributed by atoms with van der Waals surface area (Å²) in [6.45, 7) is 0.697. The van der Waals surface area contributed by atoms with E-state index >= 15 is 0 Å². The third-order valence-corrected chi connectivity index (χ3v) is 6.51. The fourth-order valence-electron chi connectivity index (χ4n) is 3.11. The van der Waals surface area contributed by atoms with E-state index in [-0.39, 0.29) is 23.7 Å². The average Bonchev–Trinajstić information content (AvgIpc) is 3.28. The molecule has 0 saturated heterocycles. The molecule has 1 aromatic carbocycles. The molecule has 0 amide bonds. The average molecular weight is 391 g/mol. The molecule has 25 heavy (non-hydrogen) atoms. The third-order valence-electron chi connectivity index (χ3n) is 4.69. The van der Waals surface area contributed by atoms with E-state index in [1.807, 2.05) is 4.90 Å². The lowest BCUT2D eigenvalue weighted by atomic mass is 9.86. The molecule has 0 spiro atoms. The van der Waals surface area contributed by atoms with Crippen molar-refractivity contribution in [2.75, 3.05) is 13.1 Å². The number of rotatable bonds is 8. The summed E-state index contributed by atoms with van der Waals surface area (Å²) < 4.78 is 41.1. The number of aliphatic carboxylic acids is 1. The molecule has 2 fully saturated rings. The van der Waals surface area contributed by atoms with E-state index in [0.717, 1.165) is 19.4 Å².